The van der Waals surface area contributed by atoms with E-state index in [4.69, 9.17) is 14.9 Å². The predicted octanol–water partition coefficient (Wildman–Crippen LogP) is 3.99. The van der Waals surface area contributed by atoms with E-state index in [1.165, 1.54) is 0 Å². The first kappa shape index (κ1) is 19.7. The molecule has 3 rings (SSSR count). The smallest absolute Gasteiger partial charge is 0.254 e. The third kappa shape index (κ3) is 4.80. The second-order valence-corrected chi connectivity index (χ2v) is 7.00. The number of carbonyl (C=O) groups is 2. The molecule has 0 saturated carbocycles. The summed E-state index contributed by atoms with van der Waals surface area (Å²) in [7, 11) is 1.71. The fourth-order valence-corrected chi connectivity index (χ4v) is 3.05. The van der Waals surface area contributed by atoms with Gasteiger partial charge in [0, 0.05) is 12.6 Å². The Bertz CT molecular complexity index is 999. The minimum atomic E-state index is -0.550. The highest BCUT2D eigenvalue weighted by molar-refractivity contribution is 9.10. The molecule has 0 spiro atoms. The SMILES string of the molecule is CN(Cc1ccc(Br)o1)C(=O)c1cccc(COc2ccccc2C(N)=O)c1. The van der Waals surface area contributed by atoms with E-state index in [1.807, 2.05) is 12.1 Å². The molecule has 144 valence electrons. The van der Waals surface area contributed by atoms with E-state index < -0.39 is 5.91 Å². The first-order valence-electron chi connectivity index (χ1n) is 8.54. The van der Waals surface area contributed by atoms with Gasteiger partial charge in [-0.05, 0) is 57.9 Å². The van der Waals surface area contributed by atoms with Crippen molar-refractivity contribution in [3.8, 4) is 5.75 Å². The number of primary amides is 1. The lowest BCUT2D eigenvalue weighted by Gasteiger charge is -2.16. The van der Waals surface area contributed by atoms with Gasteiger partial charge in [0.25, 0.3) is 11.8 Å². The Morgan fingerprint density at radius 3 is 2.61 bits per heavy atom. The standard InChI is InChI=1S/C21H19BrN2O4/c1-24(12-16-9-10-19(22)28-16)21(26)15-6-4-5-14(11-15)13-27-18-8-3-2-7-17(18)20(23)25/h2-11H,12-13H2,1H3,(H2,23,25). The maximum Gasteiger partial charge on any atom is 0.254 e. The molecular formula is C21H19BrN2O4. The number of furan rings is 1. The number of para-hydroxylation sites is 1. The van der Waals surface area contributed by atoms with Crippen molar-refractivity contribution in [2.75, 3.05) is 7.05 Å². The molecule has 0 unspecified atom stereocenters. The van der Waals surface area contributed by atoms with Crippen molar-refractivity contribution in [1.29, 1.82) is 0 Å². The van der Waals surface area contributed by atoms with Crippen LogP contribution in [0.15, 0.2) is 69.8 Å². The number of hydrogen-bond acceptors (Lipinski definition) is 4. The number of carbonyl (C=O) groups excluding carboxylic acids is 2. The van der Waals surface area contributed by atoms with E-state index in [0.29, 0.717) is 33.9 Å². The molecule has 7 heteroatoms. The van der Waals surface area contributed by atoms with Crippen LogP contribution < -0.4 is 10.5 Å². The van der Waals surface area contributed by atoms with Gasteiger partial charge < -0.3 is 19.8 Å². The normalized spacial score (nSPS) is 10.5. The molecule has 1 heterocycles. The molecule has 2 amide bonds. The van der Waals surface area contributed by atoms with Crippen LogP contribution in [0.1, 0.15) is 32.0 Å². The minimum Gasteiger partial charge on any atom is -0.488 e. The van der Waals surface area contributed by atoms with Crippen LogP contribution in [0.4, 0.5) is 0 Å². The lowest BCUT2D eigenvalue weighted by Crippen LogP contribution is -2.26. The van der Waals surface area contributed by atoms with Gasteiger partial charge in [-0.15, -0.1) is 0 Å². The maximum absolute atomic E-state index is 12.7. The van der Waals surface area contributed by atoms with Gasteiger partial charge in [-0.25, -0.2) is 0 Å². The summed E-state index contributed by atoms with van der Waals surface area (Å²) in [5.74, 6) is 0.412. The summed E-state index contributed by atoms with van der Waals surface area (Å²) < 4.78 is 11.8. The van der Waals surface area contributed by atoms with Crippen LogP contribution in [0.2, 0.25) is 0 Å². The van der Waals surface area contributed by atoms with Crippen molar-refractivity contribution in [3.05, 3.63) is 87.8 Å². The number of nitrogens with zero attached hydrogens (tertiary/aromatic N) is 1. The fraction of sp³-hybridized carbons (Fsp3) is 0.143. The Morgan fingerprint density at radius 2 is 1.89 bits per heavy atom. The van der Waals surface area contributed by atoms with Crippen LogP contribution in [0.5, 0.6) is 5.75 Å². The van der Waals surface area contributed by atoms with Crippen molar-refractivity contribution in [2.24, 2.45) is 5.73 Å². The minimum absolute atomic E-state index is 0.132. The summed E-state index contributed by atoms with van der Waals surface area (Å²) in [6.45, 7) is 0.567. The van der Waals surface area contributed by atoms with E-state index in [1.54, 1.807) is 60.5 Å². The molecule has 3 aromatic rings. The summed E-state index contributed by atoms with van der Waals surface area (Å²) in [5.41, 5.74) is 7.03. The lowest BCUT2D eigenvalue weighted by molar-refractivity contribution is 0.0774. The molecule has 0 fully saturated rings. The first-order chi connectivity index (χ1) is 13.4. The van der Waals surface area contributed by atoms with Gasteiger partial charge in [0.15, 0.2) is 4.67 Å². The van der Waals surface area contributed by atoms with Gasteiger partial charge in [-0.1, -0.05) is 24.3 Å². The van der Waals surface area contributed by atoms with Crippen LogP contribution in [-0.4, -0.2) is 23.8 Å². The molecule has 2 N–H and O–H groups in total. The van der Waals surface area contributed by atoms with E-state index in [9.17, 15) is 9.59 Å². The van der Waals surface area contributed by atoms with Crippen molar-refractivity contribution in [2.45, 2.75) is 13.2 Å². The molecule has 0 saturated heterocycles. The summed E-state index contributed by atoms with van der Waals surface area (Å²) in [4.78, 5) is 25.8. The molecule has 0 atom stereocenters. The average Bonchev–Trinajstić information content (AvgIpc) is 3.10. The van der Waals surface area contributed by atoms with Crippen molar-refractivity contribution in [1.82, 2.24) is 4.90 Å². The molecule has 0 aliphatic carbocycles. The van der Waals surface area contributed by atoms with Crippen molar-refractivity contribution < 1.29 is 18.7 Å². The molecular weight excluding hydrogens is 424 g/mol. The number of benzene rings is 2. The average molecular weight is 443 g/mol. The number of halogens is 1. The van der Waals surface area contributed by atoms with Gasteiger partial charge in [0.05, 0.1) is 12.1 Å². The highest BCUT2D eigenvalue weighted by Crippen LogP contribution is 2.20. The molecule has 1 aromatic heterocycles. The Morgan fingerprint density at radius 1 is 1.11 bits per heavy atom. The van der Waals surface area contributed by atoms with E-state index in [2.05, 4.69) is 15.9 Å². The molecule has 0 aliphatic heterocycles. The fourth-order valence-electron chi connectivity index (χ4n) is 2.71. The third-order valence-electron chi connectivity index (χ3n) is 4.09. The highest BCUT2D eigenvalue weighted by atomic mass is 79.9. The van der Waals surface area contributed by atoms with Crippen LogP contribution in [-0.2, 0) is 13.2 Å². The van der Waals surface area contributed by atoms with Gasteiger partial charge in [-0.2, -0.15) is 0 Å². The summed E-state index contributed by atoms with van der Waals surface area (Å²) in [6, 6.07) is 17.6. The zero-order chi connectivity index (χ0) is 20.1. The lowest BCUT2D eigenvalue weighted by atomic mass is 10.1. The quantitative estimate of drug-likeness (QED) is 0.599. The van der Waals surface area contributed by atoms with Gasteiger partial charge >= 0.3 is 0 Å². The highest BCUT2D eigenvalue weighted by Gasteiger charge is 2.15. The largest absolute Gasteiger partial charge is 0.488 e. The first-order valence-corrected chi connectivity index (χ1v) is 9.33. The second kappa shape index (κ2) is 8.75. The topological polar surface area (TPSA) is 85.8 Å². The van der Waals surface area contributed by atoms with Gasteiger partial charge in [0.1, 0.15) is 18.1 Å². The predicted molar refractivity (Wildman–Crippen MR) is 108 cm³/mol. The molecule has 0 aliphatic rings. The van der Waals surface area contributed by atoms with Crippen LogP contribution in [0, 0.1) is 0 Å². The Balaban J connectivity index is 1.68. The molecule has 0 radical (unpaired) electrons. The summed E-state index contributed by atoms with van der Waals surface area (Å²) >= 11 is 3.25. The van der Waals surface area contributed by atoms with E-state index in [-0.39, 0.29) is 12.5 Å². The zero-order valence-electron chi connectivity index (χ0n) is 15.2. The van der Waals surface area contributed by atoms with Crippen LogP contribution in [0.25, 0.3) is 0 Å². The Hall–Kier alpha value is -3.06. The number of ether oxygens (including phenoxy) is 1. The number of amides is 2. The van der Waals surface area contributed by atoms with Gasteiger partial charge in [0.2, 0.25) is 0 Å². The second-order valence-electron chi connectivity index (χ2n) is 6.22. The van der Waals surface area contributed by atoms with Crippen LogP contribution in [0.3, 0.4) is 0 Å². The maximum atomic E-state index is 12.7. The van der Waals surface area contributed by atoms with Gasteiger partial charge in [-0.3, -0.25) is 9.59 Å². The van der Waals surface area contributed by atoms with E-state index >= 15 is 0 Å². The monoisotopic (exact) mass is 442 g/mol. The third-order valence-corrected chi connectivity index (χ3v) is 4.52. The molecule has 2 aromatic carbocycles. The number of hydrogen-bond donors (Lipinski definition) is 1. The van der Waals surface area contributed by atoms with Crippen molar-refractivity contribution >= 4 is 27.7 Å². The molecule has 6 nitrogen and oxygen atoms in total. The zero-order valence-corrected chi connectivity index (χ0v) is 16.8. The molecule has 0 bridgehead atoms. The molecule has 28 heavy (non-hydrogen) atoms. The van der Waals surface area contributed by atoms with E-state index in [0.717, 1.165) is 5.56 Å². The van der Waals surface area contributed by atoms with Crippen LogP contribution >= 0.6 is 15.9 Å². The summed E-state index contributed by atoms with van der Waals surface area (Å²) in [6.07, 6.45) is 0. The summed E-state index contributed by atoms with van der Waals surface area (Å²) in [5, 5.41) is 0. The number of nitrogens with two attached hydrogens (primary N) is 1. The number of rotatable bonds is 7. The Kier molecular flexibility index (Phi) is 6.16. The van der Waals surface area contributed by atoms with Crippen molar-refractivity contribution in [3.63, 3.8) is 0 Å². The Labute approximate surface area is 171 Å².